The van der Waals surface area contributed by atoms with Crippen LogP contribution in [0.25, 0.3) is 0 Å². The summed E-state index contributed by atoms with van der Waals surface area (Å²) < 4.78 is 16.0. The Balaban J connectivity index is 1.72. The van der Waals surface area contributed by atoms with Crippen molar-refractivity contribution < 1.29 is 14.1 Å². The van der Waals surface area contributed by atoms with E-state index in [-0.39, 0.29) is 29.7 Å². The number of halogens is 1. The van der Waals surface area contributed by atoms with Gasteiger partial charge in [0, 0.05) is 0 Å². The van der Waals surface area contributed by atoms with Crippen molar-refractivity contribution in [1.29, 1.82) is 0 Å². The van der Waals surface area contributed by atoms with E-state index in [1.165, 1.54) is 29.9 Å². The van der Waals surface area contributed by atoms with Crippen molar-refractivity contribution in [2.45, 2.75) is 33.9 Å². The van der Waals surface area contributed by atoms with E-state index in [1.54, 1.807) is 23.7 Å². The van der Waals surface area contributed by atoms with Gasteiger partial charge in [0.15, 0.2) is 0 Å². The van der Waals surface area contributed by atoms with Crippen LogP contribution in [0, 0.1) is 36.7 Å². The third kappa shape index (κ3) is 4.05. The number of anilines is 1. The molecule has 0 aliphatic rings. The highest BCUT2D eigenvalue weighted by Gasteiger charge is 2.18. The standard InChI is InChI=1S/C18H19FN6O3/c1-11-16(25(27)28)9-23(21-11)10-17(26)20-18-12(2)22-24(13(18)3)8-14-4-6-15(19)7-5-14/h4-7,9H,8,10H2,1-3H3,(H,20,26). The lowest BCUT2D eigenvalue weighted by Crippen LogP contribution is -2.20. The number of nitrogens with one attached hydrogen (secondary N) is 1. The topological polar surface area (TPSA) is 108 Å². The van der Waals surface area contributed by atoms with Crippen LogP contribution in [0.4, 0.5) is 15.8 Å². The van der Waals surface area contributed by atoms with Gasteiger partial charge in [-0.3, -0.25) is 24.3 Å². The Morgan fingerprint density at radius 2 is 1.86 bits per heavy atom. The highest BCUT2D eigenvalue weighted by Crippen LogP contribution is 2.21. The van der Waals surface area contributed by atoms with E-state index in [4.69, 9.17) is 0 Å². The Labute approximate surface area is 159 Å². The Morgan fingerprint density at radius 3 is 2.46 bits per heavy atom. The molecule has 2 aromatic heterocycles. The van der Waals surface area contributed by atoms with Crippen molar-refractivity contribution in [3.8, 4) is 0 Å². The maximum atomic E-state index is 13.1. The summed E-state index contributed by atoms with van der Waals surface area (Å²) in [7, 11) is 0. The van der Waals surface area contributed by atoms with Crippen molar-refractivity contribution in [2.75, 3.05) is 5.32 Å². The summed E-state index contributed by atoms with van der Waals surface area (Å²) in [5.74, 6) is -0.677. The summed E-state index contributed by atoms with van der Waals surface area (Å²) in [4.78, 5) is 22.7. The Kier molecular flexibility index (Phi) is 5.21. The molecule has 10 heteroatoms. The van der Waals surface area contributed by atoms with Crippen LogP contribution in [0.3, 0.4) is 0 Å². The number of carbonyl (C=O) groups excluding carboxylic acids is 1. The SMILES string of the molecule is Cc1nn(CC(=O)Nc2c(C)nn(Cc3ccc(F)cc3)c2C)cc1[N+](=O)[O-]. The van der Waals surface area contributed by atoms with Gasteiger partial charge in [-0.1, -0.05) is 12.1 Å². The second-order valence-electron chi connectivity index (χ2n) is 6.43. The highest BCUT2D eigenvalue weighted by atomic mass is 19.1. The number of benzene rings is 1. The largest absolute Gasteiger partial charge is 0.321 e. The van der Waals surface area contributed by atoms with Gasteiger partial charge in [0.25, 0.3) is 0 Å². The number of nitro groups is 1. The van der Waals surface area contributed by atoms with E-state index in [0.717, 1.165) is 11.3 Å². The Morgan fingerprint density at radius 1 is 1.18 bits per heavy atom. The number of hydrogen-bond donors (Lipinski definition) is 1. The molecule has 0 fully saturated rings. The van der Waals surface area contributed by atoms with E-state index in [2.05, 4.69) is 15.5 Å². The quantitative estimate of drug-likeness (QED) is 0.518. The molecule has 3 rings (SSSR count). The van der Waals surface area contributed by atoms with E-state index in [9.17, 15) is 19.3 Å². The van der Waals surface area contributed by atoms with Crippen molar-refractivity contribution in [3.63, 3.8) is 0 Å². The van der Waals surface area contributed by atoms with Crippen LogP contribution in [0.5, 0.6) is 0 Å². The fraction of sp³-hybridized carbons (Fsp3) is 0.278. The predicted octanol–water partition coefficient (Wildman–Crippen LogP) is 2.74. The number of rotatable bonds is 6. The molecule has 1 N–H and O–H groups in total. The Hall–Kier alpha value is -3.56. The fourth-order valence-electron chi connectivity index (χ4n) is 2.89. The summed E-state index contributed by atoms with van der Waals surface area (Å²) in [5.41, 5.74) is 2.95. The van der Waals surface area contributed by atoms with Crippen LogP contribution in [-0.4, -0.2) is 30.4 Å². The number of aryl methyl sites for hydroxylation is 2. The minimum absolute atomic E-state index is 0.132. The van der Waals surface area contributed by atoms with Crippen molar-refractivity contribution in [1.82, 2.24) is 19.6 Å². The molecule has 28 heavy (non-hydrogen) atoms. The molecule has 3 aromatic rings. The van der Waals surface area contributed by atoms with Gasteiger partial charge in [0.1, 0.15) is 24.3 Å². The van der Waals surface area contributed by atoms with E-state index >= 15 is 0 Å². The monoisotopic (exact) mass is 386 g/mol. The first-order valence-corrected chi connectivity index (χ1v) is 8.51. The molecule has 0 saturated carbocycles. The third-order valence-electron chi connectivity index (χ3n) is 4.31. The minimum Gasteiger partial charge on any atom is -0.321 e. The number of hydrogen-bond acceptors (Lipinski definition) is 5. The van der Waals surface area contributed by atoms with Crippen LogP contribution < -0.4 is 5.32 Å². The molecule has 0 aliphatic carbocycles. The third-order valence-corrected chi connectivity index (χ3v) is 4.31. The predicted molar refractivity (Wildman–Crippen MR) is 99.5 cm³/mol. The minimum atomic E-state index is -0.537. The molecule has 0 saturated heterocycles. The molecule has 0 atom stereocenters. The molecule has 1 aromatic carbocycles. The lowest BCUT2D eigenvalue weighted by molar-refractivity contribution is -0.385. The van der Waals surface area contributed by atoms with Gasteiger partial charge in [0.2, 0.25) is 5.91 Å². The normalized spacial score (nSPS) is 10.9. The molecule has 146 valence electrons. The van der Waals surface area contributed by atoms with Gasteiger partial charge in [-0.25, -0.2) is 4.39 Å². The molecule has 2 heterocycles. The Bertz CT molecular complexity index is 1040. The zero-order valence-corrected chi connectivity index (χ0v) is 15.6. The van der Waals surface area contributed by atoms with Gasteiger partial charge in [-0.05, 0) is 38.5 Å². The fourth-order valence-corrected chi connectivity index (χ4v) is 2.89. The lowest BCUT2D eigenvalue weighted by atomic mass is 10.2. The molecule has 1 amide bonds. The van der Waals surface area contributed by atoms with Gasteiger partial charge in [0.05, 0.1) is 28.5 Å². The molecule has 9 nitrogen and oxygen atoms in total. The number of nitrogens with zero attached hydrogens (tertiary/aromatic N) is 5. The smallest absolute Gasteiger partial charge is 0.309 e. The average Bonchev–Trinajstić information content (AvgIpc) is 3.11. The summed E-state index contributed by atoms with van der Waals surface area (Å²) in [6.07, 6.45) is 1.23. The highest BCUT2D eigenvalue weighted by molar-refractivity contribution is 5.91. The molecular formula is C18H19FN6O3. The van der Waals surface area contributed by atoms with E-state index < -0.39 is 4.92 Å². The van der Waals surface area contributed by atoms with Gasteiger partial charge < -0.3 is 5.32 Å². The van der Waals surface area contributed by atoms with Crippen LogP contribution >= 0.6 is 0 Å². The zero-order valence-electron chi connectivity index (χ0n) is 15.6. The number of aromatic nitrogens is 4. The first-order valence-electron chi connectivity index (χ1n) is 8.51. The lowest BCUT2D eigenvalue weighted by Gasteiger charge is -2.07. The number of amides is 1. The second-order valence-corrected chi connectivity index (χ2v) is 6.43. The average molecular weight is 386 g/mol. The first-order chi connectivity index (χ1) is 13.2. The molecule has 0 radical (unpaired) electrons. The van der Waals surface area contributed by atoms with Crippen LogP contribution in [0.15, 0.2) is 30.5 Å². The number of carbonyl (C=O) groups is 1. The summed E-state index contributed by atoms with van der Waals surface area (Å²) in [6, 6.07) is 6.12. The van der Waals surface area contributed by atoms with Crippen LogP contribution in [0.1, 0.15) is 22.6 Å². The second kappa shape index (κ2) is 7.59. The summed E-state index contributed by atoms with van der Waals surface area (Å²) in [5, 5.41) is 22.1. The molecule has 0 spiro atoms. The maximum Gasteiger partial charge on any atom is 0.309 e. The molecule has 0 unspecified atom stereocenters. The van der Waals surface area contributed by atoms with Crippen molar-refractivity contribution in [2.24, 2.45) is 0 Å². The molecule has 0 bridgehead atoms. The van der Waals surface area contributed by atoms with Gasteiger partial charge >= 0.3 is 5.69 Å². The molecule has 0 aliphatic heterocycles. The first kappa shape index (κ1) is 19.2. The summed E-state index contributed by atoms with van der Waals surface area (Å²) in [6.45, 7) is 5.39. The van der Waals surface area contributed by atoms with Gasteiger partial charge in [-0.15, -0.1) is 0 Å². The maximum absolute atomic E-state index is 13.1. The summed E-state index contributed by atoms with van der Waals surface area (Å²) >= 11 is 0. The van der Waals surface area contributed by atoms with E-state index in [0.29, 0.717) is 17.9 Å². The van der Waals surface area contributed by atoms with Crippen LogP contribution in [-0.2, 0) is 17.9 Å². The van der Waals surface area contributed by atoms with Crippen LogP contribution in [0.2, 0.25) is 0 Å². The van der Waals surface area contributed by atoms with Crippen molar-refractivity contribution >= 4 is 17.3 Å². The van der Waals surface area contributed by atoms with Gasteiger partial charge in [-0.2, -0.15) is 10.2 Å². The van der Waals surface area contributed by atoms with E-state index in [1.807, 2.05) is 6.92 Å². The molecular weight excluding hydrogens is 367 g/mol. The van der Waals surface area contributed by atoms with Crippen molar-refractivity contribution in [3.05, 3.63) is 69.0 Å². The zero-order chi connectivity index (χ0) is 20.4.